The molecule has 122 valence electrons. The molecule has 0 saturated heterocycles. The van der Waals surface area contributed by atoms with Crippen LogP contribution in [-0.2, 0) is 6.54 Å². The predicted octanol–water partition coefficient (Wildman–Crippen LogP) is 3.31. The van der Waals surface area contributed by atoms with E-state index in [-0.39, 0.29) is 11.5 Å². The van der Waals surface area contributed by atoms with E-state index < -0.39 is 5.97 Å². The second-order valence-corrected chi connectivity index (χ2v) is 5.93. The lowest BCUT2D eigenvalue weighted by molar-refractivity contribution is 0.0696. The van der Waals surface area contributed by atoms with E-state index in [1.807, 2.05) is 19.9 Å². The van der Waals surface area contributed by atoms with Crippen molar-refractivity contribution in [2.45, 2.75) is 40.3 Å². The average molecular weight is 314 g/mol. The summed E-state index contributed by atoms with van der Waals surface area (Å²) in [5, 5.41) is 11.8. The number of hydrogen-bond donors (Lipinski definition) is 2. The van der Waals surface area contributed by atoms with Crippen LogP contribution in [0.25, 0.3) is 0 Å². The Labute approximate surface area is 135 Å². The van der Waals surface area contributed by atoms with Gasteiger partial charge in [-0.05, 0) is 51.5 Å². The number of carbonyl (C=O) groups excluding carboxylic acids is 1. The van der Waals surface area contributed by atoms with Crippen LogP contribution in [0.15, 0.2) is 30.3 Å². The zero-order valence-corrected chi connectivity index (χ0v) is 13.9. The first kappa shape index (κ1) is 16.8. The van der Waals surface area contributed by atoms with Crippen LogP contribution < -0.4 is 5.32 Å². The number of nitrogens with one attached hydrogen (secondary N) is 1. The summed E-state index contributed by atoms with van der Waals surface area (Å²) < 4.78 is 2.14. The normalized spacial score (nSPS) is 10.8. The molecule has 0 bridgehead atoms. The SMILES string of the molecule is Cc1cc(C(=O)NCc2ccc(C(=O)O)cc2)c(C)n1C(C)C. The summed E-state index contributed by atoms with van der Waals surface area (Å²) in [5.74, 6) is -1.07. The van der Waals surface area contributed by atoms with Gasteiger partial charge in [0, 0.05) is 24.0 Å². The van der Waals surface area contributed by atoms with Gasteiger partial charge in [-0.15, -0.1) is 0 Å². The molecular weight excluding hydrogens is 292 g/mol. The van der Waals surface area contributed by atoms with Crippen LogP contribution >= 0.6 is 0 Å². The van der Waals surface area contributed by atoms with Gasteiger partial charge in [0.15, 0.2) is 0 Å². The minimum absolute atomic E-state index is 0.118. The second kappa shape index (κ2) is 6.69. The molecule has 5 heteroatoms. The van der Waals surface area contributed by atoms with Crippen molar-refractivity contribution >= 4 is 11.9 Å². The summed E-state index contributed by atoms with van der Waals surface area (Å²) in [4.78, 5) is 23.2. The van der Waals surface area contributed by atoms with E-state index in [4.69, 9.17) is 5.11 Å². The quantitative estimate of drug-likeness (QED) is 0.889. The van der Waals surface area contributed by atoms with Gasteiger partial charge in [-0.3, -0.25) is 4.79 Å². The Bertz CT molecular complexity index is 727. The lowest BCUT2D eigenvalue weighted by atomic mass is 10.1. The van der Waals surface area contributed by atoms with E-state index in [0.717, 1.165) is 17.0 Å². The van der Waals surface area contributed by atoms with Gasteiger partial charge in [0.05, 0.1) is 11.1 Å². The number of hydrogen-bond acceptors (Lipinski definition) is 2. The Balaban J connectivity index is 2.08. The molecule has 0 aliphatic rings. The molecule has 0 aliphatic heterocycles. The molecule has 0 saturated carbocycles. The molecule has 0 aliphatic carbocycles. The van der Waals surface area contributed by atoms with Crippen molar-refractivity contribution in [3.8, 4) is 0 Å². The van der Waals surface area contributed by atoms with E-state index in [1.54, 1.807) is 12.1 Å². The summed E-state index contributed by atoms with van der Waals surface area (Å²) in [6, 6.07) is 8.70. The standard InChI is InChI=1S/C18H22N2O3/c1-11(2)20-12(3)9-16(13(20)4)17(21)19-10-14-5-7-15(8-6-14)18(22)23/h5-9,11H,10H2,1-4H3,(H,19,21)(H,22,23). The number of aryl methyl sites for hydroxylation is 1. The first-order chi connectivity index (χ1) is 10.8. The molecule has 23 heavy (non-hydrogen) atoms. The first-order valence-electron chi connectivity index (χ1n) is 7.60. The molecule has 1 aromatic heterocycles. The molecule has 1 aromatic carbocycles. The maximum Gasteiger partial charge on any atom is 0.335 e. The van der Waals surface area contributed by atoms with Gasteiger partial charge < -0.3 is 15.0 Å². The topological polar surface area (TPSA) is 71.3 Å². The van der Waals surface area contributed by atoms with E-state index in [9.17, 15) is 9.59 Å². The summed E-state index contributed by atoms with van der Waals surface area (Å²) in [7, 11) is 0. The molecule has 0 unspecified atom stereocenters. The van der Waals surface area contributed by atoms with Crippen LogP contribution in [-0.4, -0.2) is 21.6 Å². The van der Waals surface area contributed by atoms with Crippen molar-refractivity contribution in [3.05, 3.63) is 58.4 Å². The third-order valence-corrected chi connectivity index (χ3v) is 3.90. The van der Waals surface area contributed by atoms with Gasteiger partial charge in [-0.1, -0.05) is 12.1 Å². The lowest BCUT2D eigenvalue weighted by Crippen LogP contribution is -2.23. The molecule has 0 fully saturated rings. The molecule has 2 N–H and O–H groups in total. The van der Waals surface area contributed by atoms with Crippen LogP contribution in [0.1, 0.15) is 57.6 Å². The molecule has 0 radical (unpaired) electrons. The number of benzene rings is 1. The van der Waals surface area contributed by atoms with Crippen molar-refractivity contribution in [2.75, 3.05) is 0 Å². The molecule has 0 atom stereocenters. The highest BCUT2D eigenvalue weighted by Crippen LogP contribution is 2.20. The van der Waals surface area contributed by atoms with Crippen molar-refractivity contribution in [1.82, 2.24) is 9.88 Å². The number of amides is 1. The average Bonchev–Trinajstić information content (AvgIpc) is 2.80. The number of aromatic carboxylic acids is 1. The zero-order chi connectivity index (χ0) is 17.1. The Morgan fingerprint density at radius 2 is 1.78 bits per heavy atom. The Morgan fingerprint density at radius 3 is 2.26 bits per heavy atom. The van der Waals surface area contributed by atoms with Gasteiger partial charge in [0.1, 0.15) is 0 Å². The van der Waals surface area contributed by atoms with E-state index in [0.29, 0.717) is 18.2 Å². The van der Waals surface area contributed by atoms with Gasteiger partial charge >= 0.3 is 5.97 Å². The van der Waals surface area contributed by atoms with E-state index in [2.05, 4.69) is 23.7 Å². The largest absolute Gasteiger partial charge is 0.478 e. The number of carboxylic acids is 1. The fourth-order valence-electron chi connectivity index (χ4n) is 2.84. The highest BCUT2D eigenvalue weighted by Gasteiger charge is 2.16. The number of aromatic nitrogens is 1. The minimum atomic E-state index is -0.957. The maximum absolute atomic E-state index is 12.4. The number of carbonyl (C=O) groups is 2. The van der Waals surface area contributed by atoms with Crippen molar-refractivity contribution in [1.29, 1.82) is 0 Å². The Kier molecular flexibility index (Phi) is 4.89. The van der Waals surface area contributed by atoms with Crippen LogP contribution in [0.4, 0.5) is 0 Å². The van der Waals surface area contributed by atoms with Gasteiger partial charge in [-0.25, -0.2) is 4.79 Å². The van der Waals surface area contributed by atoms with Gasteiger partial charge in [-0.2, -0.15) is 0 Å². The Hall–Kier alpha value is -2.56. The monoisotopic (exact) mass is 314 g/mol. The first-order valence-corrected chi connectivity index (χ1v) is 7.60. The maximum atomic E-state index is 12.4. The summed E-state index contributed by atoms with van der Waals surface area (Å²) in [5.41, 5.74) is 3.80. The highest BCUT2D eigenvalue weighted by atomic mass is 16.4. The van der Waals surface area contributed by atoms with E-state index in [1.165, 1.54) is 12.1 Å². The van der Waals surface area contributed by atoms with Gasteiger partial charge in [0.2, 0.25) is 0 Å². The highest BCUT2D eigenvalue weighted by molar-refractivity contribution is 5.95. The van der Waals surface area contributed by atoms with Gasteiger partial charge in [0.25, 0.3) is 5.91 Å². The molecular formula is C18H22N2O3. The fraction of sp³-hybridized carbons (Fsp3) is 0.333. The van der Waals surface area contributed by atoms with Crippen LogP contribution in [0.5, 0.6) is 0 Å². The number of rotatable bonds is 5. The zero-order valence-electron chi connectivity index (χ0n) is 13.9. The van der Waals surface area contributed by atoms with Crippen molar-refractivity contribution < 1.29 is 14.7 Å². The second-order valence-electron chi connectivity index (χ2n) is 5.93. The Morgan fingerprint density at radius 1 is 1.17 bits per heavy atom. The molecule has 1 heterocycles. The lowest BCUT2D eigenvalue weighted by Gasteiger charge is -2.13. The van der Waals surface area contributed by atoms with Crippen LogP contribution in [0.3, 0.4) is 0 Å². The molecule has 2 rings (SSSR count). The van der Waals surface area contributed by atoms with Crippen molar-refractivity contribution in [3.63, 3.8) is 0 Å². The molecule has 2 aromatic rings. The van der Waals surface area contributed by atoms with E-state index >= 15 is 0 Å². The molecule has 0 spiro atoms. The predicted molar refractivity (Wildman–Crippen MR) is 88.9 cm³/mol. The number of nitrogens with zero attached hydrogens (tertiary/aromatic N) is 1. The summed E-state index contributed by atoms with van der Waals surface area (Å²) >= 11 is 0. The third-order valence-electron chi connectivity index (χ3n) is 3.90. The smallest absolute Gasteiger partial charge is 0.335 e. The third kappa shape index (κ3) is 3.62. The molecule has 1 amide bonds. The molecule has 5 nitrogen and oxygen atoms in total. The van der Waals surface area contributed by atoms with Crippen LogP contribution in [0, 0.1) is 13.8 Å². The van der Waals surface area contributed by atoms with Crippen molar-refractivity contribution in [2.24, 2.45) is 0 Å². The van der Waals surface area contributed by atoms with Crippen LogP contribution in [0.2, 0.25) is 0 Å². The summed E-state index contributed by atoms with van der Waals surface area (Å²) in [6.45, 7) is 8.49. The minimum Gasteiger partial charge on any atom is -0.478 e. The number of carboxylic acid groups (broad SMARTS) is 1. The summed E-state index contributed by atoms with van der Waals surface area (Å²) in [6.07, 6.45) is 0. The fourth-order valence-corrected chi connectivity index (χ4v) is 2.84.